The molecule has 0 saturated carbocycles. The van der Waals surface area contributed by atoms with Gasteiger partial charge in [0, 0.05) is 16.3 Å². The maximum Gasteiger partial charge on any atom is 0.223 e. The molecule has 0 saturated heterocycles. The van der Waals surface area contributed by atoms with Crippen molar-refractivity contribution < 1.29 is 0 Å². The van der Waals surface area contributed by atoms with Crippen molar-refractivity contribution in [3.05, 3.63) is 38.3 Å². The Kier molecular flexibility index (Phi) is 4.35. The van der Waals surface area contributed by atoms with Crippen LogP contribution in [0.15, 0.2) is 22.0 Å². The van der Waals surface area contributed by atoms with E-state index in [4.69, 9.17) is 0 Å². The van der Waals surface area contributed by atoms with E-state index in [1.54, 1.807) is 11.3 Å². The van der Waals surface area contributed by atoms with Crippen molar-refractivity contribution in [1.29, 1.82) is 0 Å². The van der Waals surface area contributed by atoms with Crippen LogP contribution in [0.2, 0.25) is 0 Å². The van der Waals surface area contributed by atoms with E-state index in [0.29, 0.717) is 11.9 Å². The molecule has 0 aliphatic heterocycles. The Morgan fingerprint density at radius 2 is 2.11 bits per heavy atom. The lowest BCUT2D eigenvalue weighted by Crippen LogP contribution is -2.06. The second-order valence-corrected chi connectivity index (χ2v) is 7.02. The average Bonchev–Trinajstić information content (AvgIpc) is 2.72. The summed E-state index contributed by atoms with van der Waals surface area (Å²) < 4.78 is 1.15. The summed E-state index contributed by atoms with van der Waals surface area (Å²) in [5.41, 5.74) is 2.08. The zero-order chi connectivity index (χ0) is 13.1. The second-order valence-electron chi connectivity index (χ2n) is 4.47. The predicted molar refractivity (Wildman–Crippen MR) is 80.2 cm³/mol. The third-order valence-electron chi connectivity index (χ3n) is 2.52. The molecule has 0 spiro atoms. The minimum absolute atomic E-state index is 0.420. The SMILES string of the molecule is Cc1cc(C(C)C)nc(NCc2ccc(Br)s2)n1. The first-order valence-corrected chi connectivity index (χ1v) is 7.49. The summed E-state index contributed by atoms with van der Waals surface area (Å²) in [6.07, 6.45) is 0. The predicted octanol–water partition coefficient (Wildman–Crippen LogP) is 4.34. The van der Waals surface area contributed by atoms with E-state index in [0.717, 1.165) is 21.7 Å². The summed E-state index contributed by atoms with van der Waals surface area (Å²) in [5.74, 6) is 1.13. The molecule has 0 aliphatic carbocycles. The number of halogens is 1. The van der Waals surface area contributed by atoms with Gasteiger partial charge in [0.2, 0.25) is 5.95 Å². The first-order valence-electron chi connectivity index (χ1n) is 5.88. The van der Waals surface area contributed by atoms with Gasteiger partial charge in [0.1, 0.15) is 0 Å². The van der Waals surface area contributed by atoms with Crippen LogP contribution < -0.4 is 5.32 Å². The van der Waals surface area contributed by atoms with E-state index < -0.39 is 0 Å². The van der Waals surface area contributed by atoms with Crippen LogP contribution >= 0.6 is 27.3 Å². The molecule has 0 aromatic carbocycles. The van der Waals surface area contributed by atoms with Gasteiger partial charge in [0.25, 0.3) is 0 Å². The molecule has 0 amide bonds. The number of aryl methyl sites for hydroxylation is 1. The van der Waals surface area contributed by atoms with E-state index in [1.165, 1.54) is 4.88 Å². The van der Waals surface area contributed by atoms with Crippen LogP contribution in [0.5, 0.6) is 0 Å². The fourth-order valence-electron chi connectivity index (χ4n) is 1.58. The van der Waals surface area contributed by atoms with Crippen molar-refractivity contribution in [2.75, 3.05) is 5.32 Å². The van der Waals surface area contributed by atoms with Crippen molar-refractivity contribution in [2.45, 2.75) is 33.2 Å². The van der Waals surface area contributed by atoms with Crippen molar-refractivity contribution in [1.82, 2.24) is 9.97 Å². The molecule has 18 heavy (non-hydrogen) atoms. The molecule has 3 nitrogen and oxygen atoms in total. The molecular weight excluding hydrogens is 310 g/mol. The fourth-order valence-corrected chi connectivity index (χ4v) is 3.00. The summed E-state index contributed by atoms with van der Waals surface area (Å²) in [7, 11) is 0. The minimum atomic E-state index is 0.420. The summed E-state index contributed by atoms with van der Waals surface area (Å²) in [4.78, 5) is 10.2. The van der Waals surface area contributed by atoms with Crippen LogP contribution in [-0.2, 0) is 6.54 Å². The highest BCUT2D eigenvalue weighted by molar-refractivity contribution is 9.11. The van der Waals surface area contributed by atoms with E-state index >= 15 is 0 Å². The smallest absolute Gasteiger partial charge is 0.223 e. The quantitative estimate of drug-likeness (QED) is 0.908. The summed E-state index contributed by atoms with van der Waals surface area (Å²) >= 11 is 5.18. The fraction of sp³-hybridized carbons (Fsp3) is 0.385. The lowest BCUT2D eigenvalue weighted by molar-refractivity contribution is 0.808. The Morgan fingerprint density at radius 1 is 1.33 bits per heavy atom. The van der Waals surface area contributed by atoms with Gasteiger partial charge in [-0.1, -0.05) is 13.8 Å². The lowest BCUT2D eigenvalue weighted by atomic mass is 10.1. The number of nitrogens with zero attached hydrogens (tertiary/aromatic N) is 2. The molecule has 1 N–H and O–H groups in total. The maximum atomic E-state index is 4.53. The van der Waals surface area contributed by atoms with Gasteiger partial charge < -0.3 is 5.32 Å². The van der Waals surface area contributed by atoms with Crippen molar-refractivity contribution in [3.63, 3.8) is 0 Å². The van der Waals surface area contributed by atoms with Gasteiger partial charge in [-0.25, -0.2) is 9.97 Å². The van der Waals surface area contributed by atoms with Gasteiger partial charge in [-0.3, -0.25) is 0 Å². The number of anilines is 1. The molecule has 0 fully saturated rings. The number of nitrogens with one attached hydrogen (secondary N) is 1. The summed E-state index contributed by atoms with van der Waals surface area (Å²) in [6, 6.07) is 6.19. The van der Waals surface area contributed by atoms with E-state index in [2.05, 4.69) is 57.2 Å². The molecule has 0 unspecified atom stereocenters. The van der Waals surface area contributed by atoms with Crippen molar-refractivity contribution in [3.8, 4) is 0 Å². The van der Waals surface area contributed by atoms with Crippen LogP contribution in [0.4, 0.5) is 5.95 Å². The molecule has 0 aliphatic rings. The van der Waals surface area contributed by atoms with Gasteiger partial charge in [-0.15, -0.1) is 11.3 Å². The highest BCUT2D eigenvalue weighted by Crippen LogP contribution is 2.22. The van der Waals surface area contributed by atoms with Gasteiger partial charge in [-0.2, -0.15) is 0 Å². The zero-order valence-corrected chi connectivity index (χ0v) is 13.1. The Labute approximate surface area is 120 Å². The van der Waals surface area contributed by atoms with Crippen molar-refractivity contribution >= 4 is 33.2 Å². The Hall–Kier alpha value is -0.940. The van der Waals surface area contributed by atoms with E-state index in [1.807, 2.05) is 13.0 Å². The first kappa shape index (κ1) is 13.5. The summed E-state index contributed by atoms with van der Waals surface area (Å²) in [6.45, 7) is 7.04. The molecule has 0 atom stereocenters. The standard InChI is InChI=1S/C13H16BrN3S/c1-8(2)11-6-9(3)16-13(17-11)15-7-10-4-5-12(14)18-10/h4-6,8H,7H2,1-3H3,(H,15,16,17). The lowest BCUT2D eigenvalue weighted by Gasteiger charge is -2.09. The number of thiophene rings is 1. The Bertz CT molecular complexity index is 537. The number of hydrogen-bond acceptors (Lipinski definition) is 4. The van der Waals surface area contributed by atoms with Gasteiger partial charge >= 0.3 is 0 Å². The van der Waals surface area contributed by atoms with Gasteiger partial charge in [-0.05, 0) is 47.0 Å². The molecule has 2 aromatic heterocycles. The molecule has 5 heteroatoms. The average molecular weight is 326 g/mol. The number of hydrogen-bond donors (Lipinski definition) is 1. The van der Waals surface area contributed by atoms with E-state index in [-0.39, 0.29) is 0 Å². The minimum Gasteiger partial charge on any atom is -0.349 e. The Balaban J connectivity index is 2.09. The van der Waals surface area contributed by atoms with Crippen LogP contribution in [0.25, 0.3) is 0 Å². The molecule has 0 radical (unpaired) electrons. The normalized spacial score (nSPS) is 10.9. The van der Waals surface area contributed by atoms with Gasteiger partial charge in [0.05, 0.1) is 10.3 Å². The third-order valence-corrected chi connectivity index (χ3v) is 4.14. The van der Waals surface area contributed by atoms with E-state index in [9.17, 15) is 0 Å². The van der Waals surface area contributed by atoms with Crippen LogP contribution in [0, 0.1) is 6.92 Å². The Morgan fingerprint density at radius 3 is 2.72 bits per heavy atom. The molecule has 0 bridgehead atoms. The maximum absolute atomic E-state index is 4.53. The molecular formula is C13H16BrN3S. The highest BCUT2D eigenvalue weighted by Gasteiger charge is 2.06. The number of aromatic nitrogens is 2. The number of rotatable bonds is 4. The monoisotopic (exact) mass is 325 g/mol. The van der Waals surface area contributed by atoms with Crippen LogP contribution in [0.1, 0.15) is 36.0 Å². The zero-order valence-electron chi connectivity index (χ0n) is 10.7. The van der Waals surface area contributed by atoms with Crippen LogP contribution in [-0.4, -0.2) is 9.97 Å². The molecule has 2 aromatic rings. The topological polar surface area (TPSA) is 37.8 Å². The first-order chi connectivity index (χ1) is 8.54. The summed E-state index contributed by atoms with van der Waals surface area (Å²) in [5, 5.41) is 3.28. The van der Waals surface area contributed by atoms with Crippen molar-refractivity contribution in [2.24, 2.45) is 0 Å². The molecule has 2 rings (SSSR count). The third kappa shape index (κ3) is 3.53. The van der Waals surface area contributed by atoms with Crippen LogP contribution in [0.3, 0.4) is 0 Å². The molecule has 2 heterocycles. The largest absolute Gasteiger partial charge is 0.349 e. The molecule has 96 valence electrons. The second kappa shape index (κ2) is 5.80. The van der Waals surface area contributed by atoms with Gasteiger partial charge in [0.15, 0.2) is 0 Å². The highest BCUT2D eigenvalue weighted by atomic mass is 79.9.